The van der Waals surface area contributed by atoms with Gasteiger partial charge >= 0.3 is 0 Å². The molecule has 1 N–H and O–H groups in total. The zero-order valence-electron chi connectivity index (χ0n) is 12.9. The number of rotatable bonds is 6. The van der Waals surface area contributed by atoms with Crippen molar-refractivity contribution in [3.8, 4) is 0 Å². The molecule has 1 amide bonds. The summed E-state index contributed by atoms with van der Waals surface area (Å²) < 4.78 is 0. The van der Waals surface area contributed by atoms with Crippen molar-refractivity contribution in [1.29, 1.82) is 0 Å². The zero-order valence-corrected chi connectivity index (χ0v) is 14.5. The van der Waals surface area contributed by atoms with Crippen LogP contribution in [0.25, 0.3) is 0 Å². The minimum atomic E-state index is -0.139. The highest BCUT2D eigenvalue weighted by Crippen LogP contribution is 2.17. The van der Waals surface area contributed by atoms with Gasteiger partial charge in [-0.05, 0) is 49.5 Å². The Labute approximate surface area is 144 Å². The molecule has 5 nitrogen and oxygen atoms in total. The molecule has 122 valence electrons. The maximum Gasteiger partial charge on any atom is 0.266 e. The Morgan fingerprint density at radius 3 is 2.78 bits per heavy atom. The zero-order chi connectivity index (χ0) is 15.9. The van der Waals surface area contributed by atoms with Crippen molar-refractivity contribution in [3.05, 3.63) is 34.5 Å². The number of carbonyl (C=O) groups excluding carboxylic acids is 1. The van der Waals surface area contributed by atoms with Crippen molar-refractivity contribution >= 4 is 34.8 Å². The molecule has 1 fully saturated rings. The van der Waals surface area contributed by atoms with E-state index in [0.717, 1.165) is 17.3 Å². The lowest BCUT2D eigenvalue weighted by Crippen LogP contribution is -2.31. The number of hydrogen-bond acceptors (Lipinski definition) is 6. The molecule has 2 aromatic heterocycles. The van der Waals surface area contributed by atoms with Gasteiger partial charge in [0.15, 0.2) is 5.82 Å². The summed E-state index contributed by atoms with van der Waals surface area (Å²) in [5.74, 6) is 1.37. The van der Waals surface area contributed by atoms with E-state index in [-0.39, 0.29) is 5.91 Å². The summed E-state index contributed by atoms with van der Waals surface area (Å²) in [4.78, 5) is 15.1. The average molecular weight is 348 g/mol. The first kappa shape index (κ1) is 16.4. The van der Waals surface area contributed by atoms with E-state index in [1.54, 1.807) is 17.8 Å². The fourth-order valence-electron chi connectivity index (χ4n) is 2.51. The number of nitrogens with zero attached hydrogens (tertiary/aromatic N) is 3. The van der Waals surface area contributed by atoms with Crippen LogP contribution in [0.3, 0.4) is 0 Å². The Kier molecular flexibility index (Phi) is 6.01. The number of likely N-dealkylation sites (tertiary alicyclic amines) is 1. The molecule has 1 aliphatic heterocycles. The highest BCUT2D eigenvalue weighted by atomic mass is 32.2. The first-order valence-electron chi connectivity index (χ1n) is 7.85. The van der Waals surface area contributed by atoms with E-state index in [0.29, 0.717) is 10.7 Å². The van der Waals surface area contributed by atoms with Crippen molar-refractivity contribution in [2.75, 3.05) is 30.7 Å². The monoisotopic (exact) mass is 348 g/mol. The molecule has 3 heterocycles. The van der Waals surface area contributed by atoms with E-state index in [2.05, 4.69) is 20.4 Å². The van der Waals surface area contributed by atoms with Crippen LogP contribution in [-0.2, 0) is 0 Å². The Bertz CT molecular complexity index is 610. The molecule has 0 unspecified atom stereocenters. The Balaban J connectivity index is 1.44. The van der Waals surface area contributed by atoms with Crippen LogP contribution in [0, 0.1) is 0 Å². The molecule has 23 heavy (non-hydrogen) atoms. The van der Waals surface area contributed by atoms with Crippen molar-refractivity contribution in [2.45, 2.75) is 24.3 Å². The fourth-order valence-corrected chi connectivity index (χ4v) is 3.95. The van der Waals surface area contributed by atoms with Crippen LogP contribution in [0.5, 0.6) is 0 Å². The molecule has 0 saturated carbocycles. The van der Waals surface area contributed by atoms with E-state index in [1.165, 1.54) is 43.7 Å². The summed E-state index contributed by atoms with van der Waals surface area (Å²) in [6.45, 7) is 3.54. The summed E-state index contributed by atoms with van der Waals surface area (Å²) >= 11 is 3.12. The summed E-state index contributed by atoms with van der Waals surface area (Å²) in [5.41, 5.74) is 0. The van der Waals surface area contributed by atoms with Gasteiger partial charge in [0.05, 0.1) is 4.88 Å². The smallest absolute Gasteiger partial charge is 0.266 e. The third kappa shape index (κ3) is 5.02. The van der Waals surface area contributed by atoms with Gasteiger partial charge in [-0.1, -0.05) is 12.5 Å². The van der Waals surface area contributed by atoms with Crippen LogP contribution in [0.1, 0.15) is 28.9 Å². The average Bonchev–Trinajstić information content (AvgIpc) is 3.12. The van der Waals surface area contributed by atoms with E-state index < -0.39 is 0 Å². The minimum Gasteiger partial charge on any atom is -0.304 e. The summed E-state index contributed by atoms with van der Waals surface area (Å²) in [5, 5.41) is 13.8. The summed E-state index contributed by atoms with van der Waals surface area (Å²) in [6.07, 6.45) is 4.01. The van der Waals surface area contributed by atoms with Gasteiger partial charge in [-0.3, -0.25) is 4.79 Å². The number of carbonyl (C=O) groups is 1. The van der Waals surface area contributed by atoms with E-state index in [1.807, 2.05) is 23.6 Å². The van der Waals surface area contributed by atoms with Gasteiger partial charge in [-0.25, -0.2) is 0 Å². The van der Waals surface area contributed by atoms with E-state index >= 15 is 0 Å². The first-order valence-corrected chi connectivity index (χ1v) is 9.71. The number of thioether (sulfide) groups is 1. The van der Waals surface area contributed by atoms with Gasteiger partial charge in [-0.15, -0.1) is 33.3 Å². The highest BCUT2D eigenvalue weighted by molar-refractivity contribution is 7.99. The first-order chi connectivity index (χ1) is 11.3. The van der Waals surface area contributed by atoms with Gasteiger partial charge in [0, 0.05) is 12.3 Å². The molecule has 1 aliphatic rings. The highest BCUT2D eigenvalue weighted by Gasteiger charge is 2.10. The predicted octanol–water partition coefficient (Wildman–Crippen LogP) is 3.37. The molecule has 0 aromatic carbocycles. The quantitative estimate of drug-likeness (QED) is 0.811. The number of amides is 1. The number of thiophene rings is 1. The molecule has 0 aliphatic carbocycles. The molecule has 0 radical (unpaired) electrons. The summed E-state index contributed by atoms with van der Waals surface area (Å²) in [7, 11) is 0. The van der Waals surface area contributed by atoms with Crippen LogP contribution < -0.4 is 5.32 Å². The standard InChI is InChI=1S/C16H20N4OS2/c21-16(13-5-4-11-22-13)17-14-6-7-15(19-18-14)23-12-10-20-8-2-1-3-9-20/h4-7,11H,1-3,8-10,12H2,(H,17,18,21). The predicted molar refractivity (Wildman–Crippen MR) is 95.3 cm³/mol. The molecule has 7 heteroatoms. The molecular formula is C16H20N4OS2. The third-order valence-electron chi connectivity index (χ3n) is 3.73. The summed E-state index contributed by atoms with van der Waals surface area (Å²) in [6, 6.07) is 7.37. The van der Waals surface area contributed by atoms with Crippen LogP contribution in [0.2, 0.25) is 0 Å². The lowest BCUT2D eigenvalue weighted by molar-refractivity contribution is 0.103. The number of hydrogen-bond donors (Lipinski definition) is 1. The number of piperidine rings is 1. The molecular weight excluding hydrogens is 328 g/mol. The lowest BCUT2D eigenvalue weighted by Gasteiger charge is -2.25. The second-order valence-corrected chi connectivity index (χ2v) is 7.50. The molecule has 3 rings (SSSR count). The van der Waals surface area contributed by atoms with Crippen molar-refractivity contribution < 1.29 is 4.79 Å². The van der Waals surface area contributed by atoms with Gasteiger partial charge in [-0.2, -0.15) is 0 Å². The maximum absolute atomic E-state index is 11.9. The number of anilines is 1. The van der Waals surface area contributed by atoms with Crippen molar-refractivity contribution in [2.24, 2.45) is 0 Å². The van der Waals surface area contributed by atoms with E-state index in [9.17, 15) is 4.79 Å². The minimum absolute atomic E-state index is 0.139. The van der Waals surface area contributed by atoms with Gasteiger partial charge in [0.1, 0.15) is 5.03 Å². The van der Waals surface area contributed by atoms with Crippen LogP contribution in [0.4, 0.5) is 5.82 Å². The number of nitrogens with one attached hydrogen (secondary N) is 1. The topological polar surface area (TPSA) is 58.1 Å². The van der Waals surface area contributed by atoms with Gasteiger partial charge < -0.3 is 10.2 Å². The van der Waals surface area contributed by atoms with Crippen LogP contribution in [0.15, 0.2) is 34.7 Å². The van der Waals surface area contributed by atoms with Crippen LogP contribution >= 0.6 is 23.1 Å². The van der Waals surface area contributed by atoms with Gasteiger partial charge in [0.2, 0.25) is 0 Å². The Morgan fingerprint density at radius 1 is 1.22 bits per heavy atom. The molecule has 1 saturated heterocycles. The van der Waals surface area contributed by atoms with Crippen molar-refractivity contribution in [3.63, 3.8) is 0 Å². The largest absolute Gasteiger partial charge is 0.304 e. The van der Waals surface area contributed by atoms with E-state index in [4.69, 9.17) is 0 Å². The SMILES string of the molecule is O=C(Nc1ccc(SCCN2CCCCC2)nn1)c1cccs1. The maximum atomic E-state index is 11.9. The van der Waals surface area contributed by atoms with Crippen LogP contribution in [-0.4, -0.2) is 46.4 Å². The van der Waals surface area contributed by atoms with Gasteiger partial charge in [0.25, 0.3) is 5.91 Å². The molecule has 0 spiro atoms. The lowest BCUT2D eigenvalue weighted by atomic mass is 10.1. The van der Waals surface area contributed by atoms with Crippen molar-refractivity contribution in [1.82, 2.24) is 15.1 Å². The fraction of sp³-hybridized carbons (Fsp3) is 0.438. The second-order valence-electron chi connectivity index (χ2n) is 5.44. The molecule has 2 aromatic rings. The second kappa shape index (κ2) is 8.42. The Hall–Kier alpha value is -1.44. The Morgan fingerprint density at radius 2 is 2.09 bits per heavy atom. The third-order valence-corrected chi connectivity index (χ3v) is 5.50. The molecule has 0 atom stereocenters. The molecule has 0 bridgehead atoms. The normalized spacial score (nSPS) is 15.5. The number of aromatic nitrogens is 2.